The molecule has 2 rings (SSSR count). The molecule has 0 saturated carbocycles. The smallest absolute Gasteiger partial charge is 0.279 e. The van der Waals surface area contributed by atoms with E-state index in [1.165, 1.54) is 31.2 Å². The van der Waals surface area contributed by atoms with E-state index in [2.05, 4.69) is 10.9 Å². The number of carbonyl (C=O) groups excluding carboxylic acids is 2. The predicted molar refractivity (Wildman–Crippen MR) is 81.4 cm³/mol. The summed E-state index contributed by atoms with van der Waals surface area (Å²) >= 11 is 6.82. The van der Waals surface area contributed by atoms with E-state index >= 15 is 0 Å². The number of ether oxygens (including phenoxy) is 1. The highest BCUT2D eigenvalue weighted by atomic mass is 35.5. The molecule has 0 aliphatic heterocycles. The Labute approximate surface area is 135 Å². The number of nitrogens with one attached hydrogen (secondary N) is 2. The number of benzene rings is 1. The summed E-state index contributed by atoms with van der Waals surface area (Å²) < 4.78 is 18.6. The maximum absolute atomic E-state index is 12.8. The van der Waals surface area contributed by atoms with Gasteiger partial charge in [0.05, 0.1) is 9.21 Å². The van der Waals surface area contributed by atoms with E-state index in [9.17, 15) is 14.0 Å². The zero-order valence-corrected chi connectivity index (χ0v) is 13.0. The quantitative estimate of drug-likeness (QED) is 0.840. The van der Waals surface area contributed by atoms with Gasteiger partial charge in [-0.05, 0) is 43.3 Å². The summed E-state index contributed by atoms with van der Waals surface area (Å²) in [5.41, 5.74) is 4.51. The molecular weight excluding hydrogens is 331 g/mol. The Bertz CT molecular complexity index is 675. The first-order valence-electron chi connectivity index (χ1n) is 6.23. The molecule has 0 unspecified atom stereocenters. The summed E-state index contributed by atoms with van der Waals surface area (Å²) in [5, 5.41) is 0. The van der Waals surface area contributed by atoms with Crippen molar-refractivity contribution in [3.8, 4) is 5.75 Å². The van der Waals surface area contributed by atoms with E-state index in [1.807, 2.05) is 0 Å². The van der Waals surface area contributed by atoms with Gasteiger partial charge >= 0.3 is 0 Å². The summed E-state index contributed by atoms with van der Waals surface area (Å²) in [6, 6.07) is 8.40. The molecule has 0 bridgehead atoms. The van der Waals surface area contributed by atoms with Crippen molar-refractivity contribution in [2.24, 2.45) is 0 Å². The van der Waals surface area contributed by atoms with Crippen LogP contribution in [0.5, 0.6) is 5.75 Å². The van der Waals surface area contributed by atoms with E-state index < -0.39 is 23.7 Å². The number of hydrogen-bond donors (Lipinski definition) is 2. The summed E-state index contributed by atoms with van der Waals surface area (Å²) in [6.45, 7) is 1.51. The van der Waals surface area contributed by atoms with Crippen molar-refractivity contribution in [3.63, 3.8) is 0 Å². The van der Waals surface area contributed by atoms with Gasteiger partial charge in [-0.15, -0.1) is 11.3 Å². The molecule has 1 atom stereocenters. The maximum atomic E-state index is 12.8. The molecule has 2 amide bonds. The Hall–Kier alpha value is -2.12. The largest absolute Gasteiger partial charge is 0.481 e. The molecule has 0 fully saturated rings. The van der Waals surface area contributed by atoms with E-state index in [1.54, 1.807) is 12.1 Å². The second-order valence-corrected chi connectivity index (χ2v) is 5.98. The second-order valence-electron chi connectivity index (χ2n) is 4.26. The topological polar surface area (TPSA) is 67.4 Å². The fraction of sp³-hybridized carbons (Fsp3) is 0.143. The third-order valence-corrected chi connectivity index (χ3v) is 3.82. The molecule has 1 heterocycles. The van der Waals surface area contributed by atoms with Crippen LogP contribution in [-0.2, 0) is 4.79 Å². The summed E-state index contributed by atoms with van der Waals surface area (Å²) in [5.74, 6) is -1.06. The van der Waals surface area contributed by atoms with Crippen LogP contribution in [0.1, 0.15) is 16.6 Å². The monoisotopic (exact) mass is 342 g/mol. The maximum Gasteiger partial charge on any atom is 0.279 e. The van der Waals surface area contributed by atoms with Crippen LogP contribution < -0.4 is 15.6 Å². The van der Waals surface area contributed by atoms with E-state index in [4.69, 9.17) is 16.3 Å². The molecular formula is C14H12ClFN2O3S. The third-order valence-electron chi connectivity index (χ3n) is 2.59. The number of thiophene rings is 1. The van der Waals surface area contributed by atoms with Gasteiger partial charge in [0.25, 0.3) is 11.8 Å². The van der Waals surface area contributed by atoms with Crippen molar-refractivity contribution < 1.29 is 18.7 Å². The van der Waals surface area contributed by atoms with Gasteiger partial charge in [-0.25, -0.2) is 4.39 Å². The molecule has 5 nitrogen and oxygen atoms in total. The normalized spacial score (nSPS) is 11.6. The standard InChI is InChI=1S/C14H12ClFN2O3S/c1-8(21-10-4-2-9(16)3-5-10)13(19)17-18-14(20)11-6-7-12(15)22-11/h2-8H,1H3,(H,17,19)(H,18,20)/t8-/m1/s1. The van der Waals surface area contributed by atoms with Crippen LogP contribution >= 0.6 is 22.9 Å². The summed E-state index contributed by atoms with van der Waals surface area (Å²) in [7, 11) is 0. The van der Waals surface area contributed by atoms with Gasteiger partial charge in [0, 0.05) is 0 Å². The van der Waals surface area contributed by atoms with Gasteiger partial charge in [-0.3, -0.25) is 20.4 Å². The number of carbonyl (C=O) groups is 2. The Kier molecular flexibility index (Phi) is 5.35. The third kappa shape index (κ3) is 4.44. The molecule has 116 valence electrons. The lowest BCUT2D eigenvalue weighted by Gasteiger charge is -2.14. The molecule has 0 saturated heterocycles. The van der Waals surface area contributed by atoms with Crippen molar-refractivity contribution in [1.82, 2.24) is 10.9 Å². The second kappa shape index (κ2) is 7.24. The van der Waals surface area contributed by atoms with Crippen molar-refractivity contribution in [2.45, 2.75) is 13.0 Å². The van der Waals surface area contributed by atoms with Gasteiger partial charge < -0.3 is 4.74 Å². The fourth-order valence-electron chi connectivity index (χ4n) is 1.49. The first-order chi connectivity index (χ1) is 10.5. The van der Waals surface area contributed by atoms with Crippen LogP contribution in [0, 0.1) is 5.82 Å². The fourth-order valence-corrected chi connectivity index (χ4v) is 2.43. The SMILES string of the molecule is C[C@@H](Oc1ccc(F)cc1)C(=O)NNC(=O)c1ccc(Cl)s1. The number of rotatable bonds is 4. The Balaban J connectivity index is 1.83. The highest BCUT2D eigenvalue weighted by molar-refractivity contribution is 7.17. The average Bonchev–Trinajstić information content (AvgIpc) is 2.93. The average molecular weight is 343 g/mol. The zero-order valence-electron chi connectivity index (χ0n) is 11.4. The highest BCUT2D eigenvalue weighted by Crippen LogP contribution is 2.20. The lowest BCUT2D eigenvalue weighted by molar-refractivity contribution is -0.128. The first kappa shape index (κ1) is 16.3. The Morgan fingerprint density at radius 3 is 2.45 bits per heavy atom. The lowest BCUT2D eigenvalue weighted by Crippen LogP contribution is -2.47. The number of hydrogen-bond acceptors (Lipinski definition) is 4. The molecule has 0 aliphatic rings. The summed E-state index contributed by atoms with van der Waals surface area (Å²) in [4.78, 5) is 23.9. The van der Waals surface area contributed by atoms with Gasteiger partial charge in [0.1, 0.15) is 11.6 Å². The lowest BCUT2D eigenvalue weighted by atomic mass is 10.3. The summed E-state index contributed by atoms with van der Waals surface area (Å²) in [6.07, 6.45) is -0.863. The minimum atomic E-state index is -0.863. The predicted octanol–water partition coefficient (Wildman–Crippen LogP) is 2.77. The van der Waals surface area contributed by atoms with Crippen molar-refractivity contribution >= 4 is 34.8 Å². The number of halogens is 2. The molecule has 1 aromatic carbocycles. The molecule has 22 heavy (non-hydrogen) atoms. The Morgan fingerprint density at radius 2 is 1.86 bits per heavy atom. The zero-order chi connectivity index (χ0) is 16.1. The van der Waals surface area contributed by atoms with Crippen molar-refractivity contribution in [3.05, 3.63) is 51.4 Å². The van der Waals surface area contributed by atoms with Crippen molar-refractivity contribution in [2.75, 3.05) is 0 Å². The molecule has 0 aliphatic carbocycles. The van der Waals surface area contributed by atoms with E-state index in [0.717, 1.165) is 11.3 Å². The first-order valence-corrected chi connectivity index (χ1v) is 7.43. The van der Waals surface area contributed by atoms with Crippen LogP contribution in [0.4, 0.5) is 4.39 Å². The van der Waals surface area contributed by atoms with Gasteiger partial charge in [0.15, 0.2) is 6.10 Å². The van der Waals surface area contributed by atoms with E-state index in [0.29, 0.717) is 15.0 Å². The minimum Gasteiger partial charge on any atom is -0.481 e. The van der Waals surface area contributed by atoms with E-state index in [-0.39, 0.29) is 0 Å². The number of hydrazine groups is 1. The van der Waals surface area contributed by atoms with Gasteiger partial charge in [-0.1, -0.05) is 11.6 Å². The van der Waals surface area contributed by atoms with Crippen molar-refractivity contribution in [1.29, 1.82) is 0 Å². The highest BCUT2D eigenvalue weighted by Gasteiger charge is 2.16. The van der Waals surface area contributed by atoms with Gasteiger partial charge in [0.2, 0.25) is 0 Å². The molecule has 0 spiro atoms. The van der Waals surface area contributed by atoms with Crippen LogP contribution in [0.25, 0.3) is 0 Å². The van der Waals surface area contributed by atoms with Gasteiger partial charge in [-0.2, -0.15) is 0 Å². The molecule has 8 heteroatoms. The molecule has 2 N–H and O–H groups in total. The van der Waals surface area contributed by atoms with Crippen LogP contribution in [0.3, 0.4) is 0 Å². The molecule has 1 aromatic heterocycles. The molecule has 0 radical (unpaired) electrons. The number of amides is 2. The minimum absolute atomic E-state index is 0.348. The van der Waals surface area contributed by atoms with Crippen LogP contribution in [0.15, 0.2) is 36.4 Å². The molecule has 2 aromatic rings. The Morgan fingerprint density at radius 1 is 1.18 bits per heavy atom. The van der Waals surface area contributed by atoms with Crippen LogP contribution in [-0.4, -0.2) is 17.9 Å². The van der Waals surface area contributed by atoms with Crippen LogP contribution in [0.2, 0.25) is 4.34 Å².